The largest absolute Gasteiger partial charge is 0.352 e. The van der Waals surface area contributed by atoms with E-state index < -0.39 is 15.4 Å². The van der Waals surface area contributed by atoms with Crippen molar-refractivity contribution in [3.8, 4) is 0 Å². The smallest absolute Gasteiger partial charge is 0.267 e. The maximum Gasteiger partial charge on any atom is 0.267 e. The molecule has 0 unspecified atom stereocenters. The van der Waals surface area contributed by atoms with Gasteiger partial charge in [-0.15, -0.1) is 0 Å². The molecule has 1 aromatic carbocycles. The van der Waals surface area contributed by atoms with Gasteiger partial charge in [0, 0.05) is 12.1 Å². The minimum Gasteiger partial charge on any atom is -0.352 e. The Morgan fingerprint density at radius 1 is 1.10 bits per heavy atom. The van der Waals surface area contributed by atoms with Crippen LogP contribution in [0.2, 0.25) is 0 Å². The van der Waals surface area contributed by atoms with E-state index in [0.29, 0.717) is 0 Å². The first-order valence-corrected chi connectivity index (χ1v) is 11.5. The van der Waals surface area contributed by atoms with Gasteiger partial charge in [0.1, 0.15) is 6.54 Å². The maximum absolute atomic E-state index is 12.9. The highest BCUT2D eigenvalue weighted by atomic mass is 32.2. The molecule has 3 rings (SSSR count). The third kappa shape index (κ3) is 5.12. The molecule has 29 heavy (non-hydrogen) atoms. The Hall–Kier alpha value is -2.48. The van der Waals surface area contributed by atoms with Gasteiger partial charge in [-0.05, 0) is 42.5 Å². The number of rotatable bonds is 6. The lowest BCUT2D eigenvalue weighted by Gasteiger charge is -2.22. The quantitative estimate of drug-likeness (QED) is 0.779. The zero-order chi connectivity index (χ0) is 21.0. The molecule has 0 saturated heterocycles. The molecule has 1 fully saturated rings. The monoisotopic (exact) mass is 417 g/mol. The highest BCUT2D eigenvalue weighted by molar-refractivity contribution is 7.91. The Morgan fingerprint density at radius 2 is 1.76 bits per heavy atom. The summed E-state index contributed by atoms with van der Waals surface area (Å²) in [6.07, 6.45) is 5.17. The first kappa shape index (κ1) is 21.2. The molecule has 1 saturated carbocycles. The molecule has 0 spiro atoms. The van der Waals surface area contributed by atoms with Gasteiger partial charge in [-0.3, -0.25) is 9.59 Å². The topological polar surface area (TPSA) is 98.1 Å². The molecular formula is C21H27N3O4S. The molecule has 7 nitrogen and oxygen atoms in total. The van der Waals surface area contributed by atoms with E-state index in [2.05, 4.69) is 10.4 Å². The van der Waals surface area contributed by atoms with Crippen LogP contribution < -0.4 is 10.9 Å². The zero-order valence-corrected chi connectivity index (χ0v) is 17.6. The zero-order valence-electron chi connectivity index (χ0n) is 16.8. The summed E-state index contributed by atoms with van der Waals surface area (Å²) >= 11 is 0. The lowest BCUT2D eigenvalue weighted by molar-refractivity contribution is -0.122. The van der Waals surface area contributed by atoms with E-state index in [1.54, 1.807) is 12.1 Å². The Balaban J connectivity index is 1.80. The van der Waals surface area contributed by atoms with Crippen LogP contribution in [0.15, 0.2) is 51.1 Å². The molecular weight excluding hydrogens is 390 g/mol. The third-order valence-electron chi connectivity index (χ3n) is 5.24. The minimum absolute atomic E-state index is 0.103. The number of sulfone groups is 1. The van der Waals surface area contributed by atoms with Crippen molar-refractivity contribution in [1.82, 2.24) is 15.1 Å². The third-order valence-corrected chi connectivity index (χ3v) is 6.90. The summed E-state index contributed by atoms with van der Waals surface area (Å²) in [7, 11) is -3.89. The van der Waals surface area contributed by atoms with Crippen LogP contribution in [0.1, 0.15) is 57.4 Å². The molecule has 0 radical (unpaired) electrons. The van der Waals surface area contributed by atoms with Gasteiger partial charge >= 0.3 is 0 Å². The number of aromatic nitrogens is 2. The molecule has 156 valence electrons. The van der Waals surface area contributed by atoms with Crippen LogP contribution in [-0.4, -0.2) is 30.1 Å². The Bertz CT molecular complexity index is 1020. The number of nitrogens with one attached hydrogen (secondary N) is 1. The van der Waals surface area contributed by atoms with E-state index in [0.717, 1.165) is 42.0 Å². The molecule has 1 N–H and O–H groups in total. The van der Waals surface area contributed by atoms with E-state index in [1.165, 1.54) is 24.6 Å². The van der Waals surface area contributed by atoms with Gasteiger partial charge in [-0.1, -0.05) is 45.2 Å². The fourth-order valence-corrected chi connectivity index (χ4v) is 4.68. The van der Waals surface area contributed by atoms with Gasteiger partial charge in [0.05, 0.1) is 4.90 Å². The lowest BCUT2D eigenvalue weighted by atomic mass is 9.95. The maximum atomic E-state index is 12.9. The first-order valence-electron chi connectivity index (χ1n) is 10.00. The summed E-state index contributed by atoms with van der Waals surface area (Å²) in [6.45, 7) is 3.75. The molecule has 2 aromatic rings. The molecule has 1 amide bonds. The van der Waals surface area contributed by atoms with E-state index in [4.69, 9.17) is 0 Å². The van der Waals surface area contributed by atoms with Crippen molar-refractivity contribution in [2.75, 3.05) is 0 Å². The van der Waals surface area contributed by atoms with Crippen LogP contribution in [0.3, 0.4) is 0 Å². The van der Waals surface area contributed by atoms with Gasteiger partial charge in [-0.25, -0.2) is 13.1 Å². The van der Waals surface area contributed by atoms with Gasteiger partial charge in [0.15, 0.2) is 5.03 Å². The Labute approximate surface area is 171 Å². The summed E-state index contributed by atoms with van der Waals surface area (Å²) in [4.78, 5) is 24.5. The Kier molecular flexibility index (Phi) is 6.52. The second-order valence-corrected chi connectivity index (χ2v) is 9.69. The minimum atomic E-state index is -3.89. The van der Waals surface area contributed by atoms with Gasteiger partial charge in [0.2, 0.25) is 15.7 Å². The lowest BCUT2D eigenvalue weighted by Crippen LogP contribution is -2.40. The summed E-state index contributed by atoms with van der Waals surface area (Å²) in [5.74, 6) is -0.0446. The summed E-state index contributed by atoms with van der Waals surface area (Å²) in [5.41, 5.74) is 0.513. The van der Waals surface area contributed by atoms with Crippen molar-refractivity contribution in [3.05, 3.63) is 52.3 Å². The molecule has 0 aliphatic heterocycles. The van der Waals surface area contributed by atoms with Crippen molar-refractivity contribution < 1.29 is 13.2 Å². The second kappa shape index (κ2) is 8.90. The van der Waals surface area contributed by atoms with Crippen LogP contribution in [-0.2, 0) is 21.2 Å². The normalized spacial score (nSPS) is 15.4. The molecule has 1 heterocycles. The summed E-state index contributed by atoms with van der Waals surface area (Å²) in [5, 5.41) is 6.63. The fraction of sp³-hybridized carbons (Fsp3) is 0.476. The molecule has 1 aliphatic carbocycles. The van der Waals surface area contributed by atoms with Crippen LogP contribution in [0.5, 0.6) is 0 Å². The number of benzene rings is 1. The average Bonchev–Trinajstić information content (AvgIpc) is 2.70. The van der Waals surface area contributed by atoms with E-state index in [9.17, 15) is 18.0 Å². The van der Waals surface area contributed by atoms with Crippen LogP contribution >= 0.6 is 0 Å². The number of nitrogens with zero attached hydrogens (tertiary/aromatic N) is 2. The predicted octanol–water partition coefficient (Wildman–Crippen LogP) is 2.65. The summed E-state index contributed by atoms with van der Waals surface area (Å²) in [6, 6.07) is 9.05. The van der Waals surface area contributed by atoms with E-state index >= 15 is 0 Å². The number of amides is 1. The fourth-order valence-electron chi connectivity index (χ4n) is 3.50. The molecule has 8 heteroatoms. The number of hydrogen-bond donors (Lipinski definition) is 1. The van der Waals surface area contributed by atoms with Gasteiger partial charge in [0.25, 0.3) is 5.56 Å². The van der Waals surface area contributed by atoms with Gasteiger partial charge < -0.3 is 5.32 Å². The van der Waals surface area contributed by atoms with E-state index in [1.807, 2.05) is 13.8 Å². The number of hydrogen-bond acceptors (Lipinski definition) is 5. The van der Waals surface area contributed by atoms with E-state index in [-0.39, 0.29) is 34.3 Å². The molecule has 1 aromatic heterocycles. The van der Waals surface area contributed by atoms with Crippen molar-refractivity contribution in [1.29, 1.82) is 0 Å². The highest BCUT2D eigenvalue weighted by Crippen LogP contribution is 2.21. The predicted molar refractivity (Wildman–Crippen MR) is 109 cm³/mol. The number of carbonyl (C=O) groups is 1. The second-order valence-electron chi connectivity index (χ2n) is 7.80. The average molecular weight is 418 g/mol. The standard InChI is InChI=1S/C21H27N3O4S/c1-15(2)16-8-10-18(11-9-16)29(27,28)20-12-13-21(26)24(23-20)14-19(25)22-17-6-4-3-5-7-17/h8-13,15,17H,3-7,14H2,1-2H3,(H,22,25). The molecule has 0 bridgehead atoms. The van der Waals surface area contributed by atoms with Crippen LogP contribution in [0, 0.1) is 0 Å². The molecule has 1 aliphatic rings. The van der Waals surface area contributed by atoms with Crippen molar-refractivity contribution >= 4 is 15.7 Å². The SMILES string of the molecule is CC(C)c1ccc(S(=O)(=O)c2ccc(=O)n(CC(=O)NC3CCCCC3)n2)cc1. The Morgan fingerprint density at radius 3 is 2.38 bits per heavy atom. The first-order chi connectivity index (χ1) is 13.8. The van der Waals surface area contributed by atoms with Crippen molar-refractivity contribution in [2.24, 2.45) is 0 Å². The van der Waals surface area contributed by atoms with Crippen molar-refractivity contribution in [3.63, 3.8) is 0 Å². The van der Waals surface area contributed by atoms with Crippen LogP contribution in [0.25, 0.3) is 0 Å². The number of carbonyl (C=O) groups excluding carboxylic acids is 1. The van der Waals surface area contributed by atoms with Crippen molar-refractivity contribution in [2.45, 2.75) is 74.4 Å². The summed E-state index contributed by atoms with van der Waals surface area (Å²) < 4.78 is 26.7. The molecule has 0 atom stereocenters. The highest BCUT2D eigenvalue weighted by Gasteiger charge is 2.22. The van der Waals surface area contributed by atoms with Gasteiger partial charge in [-0.2, -0.15) is 5.10 Å². The van der Waals surface area contributed by atoms with Crippen LogP contribution in [0.4, 0.5) is 0 Å².